The molecule has 2 heterocycles. The quantitative estimate of drug-likeness (QED) is 0.728. The van der Waals surface area contributed by atoms with Crippen molar-refractivity contribution in [2.75, 3.05) is 23.9 Å². The van der Waals surface area contributed by atoms with Crippen LogP contribution in [0.3, 0.4) is 0 Å². The maximum absolute atomic E-state index is 12.2. The Bertz CT molecular complexity index is 775. The van der Waals surface area contributed by atoms with Crippen LogP contribution in [-0.2, 0) is 9.59 Å². The van der Waals surface area contributed by atoms with Crippen LogP contribution >= 0.6 is 0 Å². The number of hydrogen-bond acceptors (Lipinski definition) is 5. The first-order valence-corrected chi connectivity index (χ1v) is 8.73. The summed E-state index contributed by atoms with van der Waals surface area (Å²) in [5, 5.41) is 10.9. The van der Waals surface area contributed by atoms with E-state index >= 15 is 0 Å². The zero-order chi connectivity index (χ0) is 18.6. The lowest BCUT2D eigenvalue weighted by Crippen LogP contribution is -2.24. The Balaban J connectivity index is 1.58. The fourth-order valence-corrected chi connectivity index (χ4v) is 3.09. The van der Waals surface area contributed by atoms with Crippen molar-refractivity contribution in [2.24, 2.45) is 10.2 Å². The molecule has 0 aliphatic carbocycles. The highest BCUT2D eigenvalue weighted by Crippen LogP contribution is 2.38. The Labute approximate surface area is 152 Å². The molecule has 1 fully saturated rings. The first-order chi connectivity index (χ1) is 12.6. The summed E-state index contributed by atoms with van der Waals surface area (Å²) < 4.78 is 5.40. The van der Waals surface area contributed by atoms with Gasteiger partial charge in [0.25, 0.3) is 0 Å². The van der Waals surface area contributed by atoms with Crippen molar-refractivity contribution in [3.8, 4) is 18.1 Å². The monoisotopic (exact) mass is 354 g/mol. The average Bonchev–Trinajstić information content (AvgIpc) is 3.30. The molecular formula is C19H22N4O3. The number of ether oxygens (including phenoxy) is 1. The normalized spacial score (nSPS) is 17.1. The van der Waals surface area contributed by atoms with Crippen LogP contribution < -0.4 is 15.0 Å². The van der Waals surface area contributed by atoms with E-state index in [4.69, 9.17) is 11.2 Å². The summed E-state index contributed by atoms with van der Waals surface area (Å²) in [5.41, 5.74) is 0.905. The number of methoxy groups -OCH3 is 1. The fraction of sp³-hybridized carbons (Fsp3) is 0.474. The molecule has 2 aliphatic heterocycles. The van der Waals surface area contributed by atoms with Crippen LogP contribution in [0.5, 0.6) is 5.75 Å². The van der Waals surface area contributed by atoms with Gasteiger partial charge in [-0.1, -0.05) is 0 Å². The number of carbonyl (C=O) groups is 2. The lowest BCUT2D eigenvalue weighted by Gasteiger charge is -2.19. The van der Waals surface area contributed by atoms with Gasteiger partial charge in [-0.05, 0) is 18.6 Å². The van der Waals surface area contributed by atoms with Gasteiger partial charge < -0.3 is 15.0 Å². The highest BCUT2D eigenvalue weighted by molar-refractivity contribution is 5.97. The standard InChI is InChI=1S/C19H22N4O3/c1-3-4-10-19(21-22-19)11-9-17(24)20-14-7-8-15(16(13-14)26-2)23-12-5-6-18(23)25/h1,7-8,13H,4-6,9-12H2,2H3,(H,20,24). The highest BCUT2D eigenvalue weighted by atomic mass is 16.5. The van der Waals surface area contributed by atoms with Gasteiger partial charge in [-0.2, -0.15) is 10.2 Å². The molecule has 2 aliphatic rings. The van der Waals surface area contributed by atoms with Crippen LogP contribution in [-0.4, -0.2) is 31.1 Å². The van der Waals surface area contributed by atoms with Crippen LogP contribution in [0.4, 0.5) is 11.4 Å². The maximum atomic E-state index is 12.2. The van der Waals surface area contributed by atoms with Gasteiger partial charge in [-0.15, -0.1) is 12.3 Å². The summed E-state index contributed by atoms with van der Waals surface area (Å²) in [4.78, 5) is 25.9. The number of terminal acetylenes is 1. The maximum Gasteiger partial charge on any atom is 0.227 e. The topological polar surface area (TPSA) is 83.4 Å². The van der Waals surface area contributed by atoms with Gasteiger partial charge in [0.05, 0.1) is 12.8 Å². The number of nitrogens with one attached hydrogen (secondary N) is 1. The lowest BCUT2D eigenvalue weighted by atomic mass is 10.0. The third kappa shape index (κ3) is 4.02. The van der Waals surface area contributed by atoms with Gasteiger partial charge in [0.2, 0.25) is 11.8 Å². The third-order valence-electron chi connectivity index (χ3n) is 4.63. The number of amides is 2. The van der Waals surface area contributed by atoms with E-state index in [1.165, 1.54) is 0 Å². The number of nitrogens with zero attached hydrogens (tertiary/aromatic N) is 3. The van der Waals surface area contributed by atoms with Gasteiger partial charge in [-0.3, -0.25) is 9.59 Å². The summed E-state index contributed by atoms with van der Waals surface area (Å²) >= 11 is 0. The summed E-state index contributed by atoms with van der Waals surface area (Å²) in [6, 6.07) is 5.32. The number of carbonyl (C=O) groups excluding carboxylic acids is 2. The molecule has 136 valence electrons. The van der Waals surface area contributed by atoms with E-state index in [2.05, 4.69) is 21.5 Å². The number of anilines is 2. The second kappa shape index (κ2) is 7.56. The summed E-state index contributed by atoms with van der Waals surface area (Å²) in [6.45, 7) is 0.688. The SMILES string of the molecule is C#CCCC1(CCC(=O)Nc2ccc(N3CCCC3=O)c(OC)c2)N=N1. The fourth-order valence-electron chi connectivity index (χ4n) is 3.09. The molecule has 26 heavy (non-hydrogen) atoms. The van der Waals surface area contributed by atoms with E-state index in [1.807, 2.05) is 0 Å². The van der Waals surface area contributed by atoms with Crippen LogP contribution in [0.1, 0.15) is 38.5 Å². The Kier molecular flexibility index (Phi) is 5.21. The number of rotatable bonds is 8. The summed E-state index contributed by atoms with van der Waals surface area (Å²) in [6.07, 6.45) is 8.81. The van der Waals surface area contributed by atoms with Crippen LogP contribution in [0.15, 0.2) is 28.4 Å². The molecule has 1 aromatic carbocycles. The molecule has 0 atom stereocenters. The molecule has 0 aromatic heterocycles. The van der Waals surface area contributed by atoms with E-state index < -0.39 is 5.66 Å². The molecule has 0 unspecified atom stereocenters. The minimum atomic E-state index is -0.457. The van der Waals surface area contributed by atoms with Gasteiger partial charge in [0, 0.05) is 50.4 Å². The molecule has 1 N–H and O–H groups in total. The first-order valence-electron chi connectivity index (χ1n) is 8.73. The second-order valence-corrected chi connectivity index (χ2v) is 6.47. The lowest BCUT2D eigenvalue weighted by molar-refractivity contribution is -0.117. The van der Waals surface area contributed by atoms with Gasteiger partial charge in [0.15, 0.2) is 5.66 Å². The molecule has 0 bridgehead atoms. The molecule has 7 heteroatoms. The van der Waals surface area contributed by atoms with Crippen LogP contribution in [0.2, 0.25) is 0 Å². The Morgan fingerprint density at radius 1 is 1.42 bits per heavy atom. The number of benzene rings is 1. The largest absolute Gasteiger partial charge is 0.494 e. The molecule has 0 radical (unpaired) electrons. The minimum Gasteiger partial charge on any atom is -0.494 e. The summed E-state index contributed by atoms with van der Waals surface area (Å²) in [7, 11) is 1.55. The van der Waals surface area contributed by atoms with Crippen molar-refractivity contribution in [3.05, 3.63) is 18.2 Å². The molecule has 2 amide bonds. The predicted molar refractivity (Wildman–Crippen MR) is 98.1 cm³/mol. The third-order valence-corrected chi connectivity index (χ3v) is 4.63. The van der Waals surface area contributed by atoms with Crippen molar-refractivity contribution in [1.29, 1.82) is 0 Å². The Morgan fingerprint density at radius 3 is 2.85 bits per heavy atom. The van der Waals surface area contributed by atoms with Crippen molar-refractivity contribution >= 4 is 23.2 Å². The molecule has 3 rings (SSSR count). The van der Waals surface area contributed by atoms with E-state index in [1.54, 1.807) is 30.2 Å². The number of hydrogen-bond donors (Lipinski definition) is 1. The van der Waals surface area contributed by atoms with Crippen molar-refractivity contribution in [1.82, 2.24) is 0 Å². The van der Waals surface area contributed by atoms with E-state index in [-0.39, 0.29) is 11.8 Å². The molecule has 1 saturated heterocycles. The molecule has 0 spiro atoms. The smallest absolute Gasteiger partial charge is 0.227 e. The predicted octanol–water partition coefficient (Wildman–Crippen LogP) is 3.12. The van der Waals surface area contributed by atoms with Crippen LogP contribution in [0.25, 0.3) is 0 Å². The van der Waals surface area contributed by atoms with Crippen molar-refractivity contribution in [2.45, 2.75) is 44.2 Å². The second-order valence-electron chi connectivity index (χ2n) is 6.47. The van der Waals surface area contributed by atoms with Crippen molar-refractivity contribution in [3.63, 3.8) is 0 Å². The minimum absolute atomic E-state index is 0.0919. The van der Waals surface area contributed by atoms with Gasteiger partial charge in [-0.25, -0.2) is 0 Å². The van der Waals surface area contributed by atoms with E-state index in [0.717, 1.165) is 12.1 Å². The molecule has 7 nitrogen and oxygen atoms in total. The first kappa shape index (κ1) is 17.9. The molecule has 0 saturated carbocycles. The van der Waals surface area contributed by atoms with E-state index in [9.17, 15) is 9.59 Å². The van der Waals surface area contributed by atoms with Gasteiger partial charge in [0.1, 0.15) is 5.75 Å². The molecule has 1 aromatic rings. The highest BCUT2D eigenvalue weighted by Gasteiger charge is 2.39. The van der Waals surface area contributed by atoms with Crippen molar-refractivity contribution < 1.29 is 14.3 Å². The van der Waals surface area contributed by atoms with Gasteiger partial charge >= 0.3 is 0 Å². The Morgan fingerprint density at radius 2 is 2.23 bits per heavy atom. The average molecular weight is 354 g/mol. The van der Waals surface area contributed by atoms with Crippen LogP contribution in [0, 0.1) is 12.3 Å². The Hall–Kier alpha value is -2.88. The zero-order valence-corrected chi connectivity index (χ0v) is 14.8. The van der Waals surface area contributed by atoms with E-state index in [0.29, 0.717) is 50.1 Å². The summed E-state index contributed by atoms with van der Waals surface area (Å²) in [5.74, 6) is 3.11. The zero-order valence-electron chi connectivity index (χ0n) is 14.8. The molecular weight excluding hydrogens is 332 g/mol.